The molecule has 10 nitrogen and oxygen atoms in total. The maximum atomic E-state index is 12.8. The molecule has 0 bridgehead atoms. The first kappa shape index (κ1) is 25.1. The third kappa shape index (κ3) is 6.28. The third-order valence-corrected chi connectivity index (χ3v) is 8.70. The molecule has 0 spiro atoms. The standard InChI is InChI=1S/C21H28N4O6S2/c1-15-6-8-17(9-7-15)24-33(30,31)19-10-11-20(21(13-19)25(26)27)23-14-16-4-3-5-18(12-16)32(28,29)22-2/h3-5,10-13,15,17,22-24H,6-9,14H2,1-2H3. The molecule has 1 aliphatic rings. The van der Waals surface area contributed by atoms with Crippen molar-refractivity contribution in [3.05, 3.63) is 58.1 Å². The largest absolute Gasteiger partial charge is 0.375 e. The Labute approximate surface area is 194 Å². The van der Waals surface area contributed by atoms with Crippen LogP contribution in [0.25, 0.3) is 0 Å². The van der Waals surface area contributed by atoms with Crippen LogP contribution >= 0.6 is 0 Å². The van der Waals surface area contributed by atoms with Crippen molar-refractivity contribution in [3.63, 3.8) is 0 Å². The molecule has 3 N–H and O–H groups in total. The summed E-state index contributed by atoms with van der Waals surface area (Å²) in [7, 11) is -6.21. The summed E-state index contributed by atoms with van der Waals surface area (Å²) in [4.78, 5) is 10.9. The molecule has 0 amide bonds. The van der Waals surface area contributed by atoms with E-state index in [1.807, 2.05) is 0 Å². The van der Waals surface area contributed by atoms with E-state index in [0.717, 1.165) is 31.7 Å². The van der Waals surface area contributed by atoms with Gasteiger partial charge in [0.2, 0.25) is 20.0 Å². The highest BCUT2D eigenvalue weighted by atomic mass is 32.2. The number of hydrogen-bond donors (Lipinski definition) is 3. The summed E-state index contributed by atoms with van der Waals surface area (Å²) in [6.07, 6.45) is 3.36. The van der Waals surface area contributed by atoms with Crippen molar-refractivity contribution in [2.75, 3.05) is 12.4 Å². The summed E-state index contributed by atoms with van der Waals surface area (Å²) in [5.74, 6) is 0.566. The van der Waals surface area contributed by atoms with Gasteiger partial charge in [-0.3, -0.25) is 10.1 Å². The molecule has 0 radical (unpaired) electrons. The van der Waals surface area contributed by atoms with Crippen LogP contribution in [0.2, 0.25) is 0 Å². The molecule has 0 atom stereocenters. The fraction of sp³-hybridized carbons (Fsp3) is 0.429. The van der Waals surface area contributed by atoms with Crippen molar-refractivity contribution in [3.8, 4) is 0 Å². The van der Waals surface area contributed by atoms with Gasteiger partial charge in [0.25, 0.3) is 5.69 Å². The molecule has 2 aromatic rings. The third-order valence-electron chi connectivity index (χ3n) is 5.77. The smallest absolute Gasteiger partial charge is 0.293 e. The molecule has 12 heteroatoms. The van der Waals surface area contributed by atoms with Gasteiger partial charge in [-0.2, -0.15) is 0 Å². The van der Waals surface area contributed by atoms with Gasteiger partial charge in [0, 0.05) is 18.7 Å². The van der Waals surface area contributed by atoms with E-state index < -0.39 is 25.0 Å². The Morgan fingerprint density at radius 1 is 0.970 bits per heavy atom. The van der Waals surface area contributed by atoms with Gasteiger partial charge < -0.3 is 5.32 Å². The van der Waals surface area contributed by atoms with Crippen LogP contribution in [0.4, 0.5) is 11.4 Å². The second kappa shape index (κ2) is 10.2. The van der Waals surface area contributed by atoms with Crippen LogP contribution in [0.5, 0.6) is 0 Å². The van der Waals surface area contributed by atoms with Crippen LogP contribution in [0.1, 0.15) is 38.2 Å². The van der Waals surface area contributed by atoms with Crippen molar-refractivity contribution in [2.45, 2.75) is 55.0 Å². The Hall–Kier alpha value is -2.54. The first-order valence-corrected chi connectivity index (χ1v) is 13.6. The second-order valence-electron chi connectivity index (χ2n) is 8.22. The number of nitro benzene ring substituents is 1. The van der Waals surface area contributed by atoms with Crippen molar-refractivity contribution in [2.24, 2.45) is 5.92 Å². The zero-order valence-corrected chi connectivity index (χ0v) is 20.1. The van der Waals surface area contributed by atoms with E-state index in [1.54, 1.807) is 12.1 Å². The lowest BCUT2D eigenvalue weighted by Gasteiger charge is -2.26. The molecule has 33 heavy (non-hydrogen) atoms. The number of nitrogens with zero attached hydrogens (tertiary/aromatic N) is 1. The molecule has 0 aliphatic heterocycles. The summed E-state index contributed by atoms with van der Waals surface area (Å²) in [5, 5.41) is 14.5. The summed E-state index contributed by atoms with van der Waals surface area (Å²) >= 11 is 0. The lowest BCUT2D eigenvalue weighted by molar-refractivity contribution is -0.384. The monoisotopic (exact) mass is 496 g/mol. The number of rotatable bonds is 9. The van der Waals surface area contributed by atoms with E-state index >= 15 is 0 Å². The van der Waals surface area contributed by atoms with Crippen molar-refractivity contribution in [1.82, 2.24) is 9.44 Å². The minimum absolute atomic E-state index is 0.0726. The Bertz CT molecular complexity index is 1220. The van der Waals surface area contributed by atoms with Crippen LogP contribution in [-0.2, 0) is 26.6 Å². The summed E-state index contributed by atoms with van der Waals surface area (Å²) in [6, 6.07) is 9.69. The SMILES string of the molecule is CNS(=O)(=O)c1cccc(CNc2ccc(S(=O)(=O)NC3CCC(C)CC3)cc2[N+](=O)[O-])c1. The van der Waals surface area contributed by atoms with Gasteiger partial charge in [0.05, 0.1) is 14.7 Å². The Morgan fingerprint density at radius 2 is 1.64 bits per heavy atom. The van der Waals surface area contributed by atoms with Gasteiger partial charge >= 0.3 is 0 Å². The lowest BCUT2D eigenvalue weighted by Crippen LogP contribution is -2.37. The molecule has 1 aliphatic carbocycles. The fourth-order valence-corrected chi connectivity index (χ4v) is 5.91. The van der Waals surface area contributed by atoms with Crippen LogP contribution in [0, 0.1) is 16.0 Å². The zero-order chi connectivity index (χ0) is 24.2. The molecular formula is C21H28N4O6S2. The van der Waals surface area contributed by atoms with Crippen LogP contribution < -0.4 is 14.8 Å². The molecule has 3 rings (SSSR count). The van der Waals surface area contributed by atoms with Gasteiger partial charge in [-0.25, -0.2) is 26.3 Å². The minimum atomic E-state index is -3.90. The van der Waals surface area contributed by atoms with Gasteiger partial charge in [0.1, 0.15) is 5.69 Å². The van der Waals surface area contributed by atoms with E-state index in [0.29, 0.717) is 11.5 Å². The highest BCUT2D eigenvalue weighted by Gasteiger charge is 2.26. The number of anilines is 1. The molecular weight excluding hydrogens is 468 g/mol. The number of sulfonamides is 2. The lowest BCUT2D eigenvalue weighted by atomic mass is 9.88. The molecule has 0 aromatic heterocycles. The van der Waals surface area contributed by atoms with Gasteiger partial charge in [-0.1, -0.05) is 19.1 Å². The van der Waals surface area contributed by atoms with E-state index in [1.165, 1.54) is 31.3 Å². The normalized spacial score (nSPS) is 19.2. The number of benzene rings is 2. The maximum absolute atomic E-state index is 12.8. The van der Waals surface area contributed by atoms with Gasteiger partial charge in [-0.05, 0) is 68.5 Å². The molecule has 1 saturated carbocycles. The molecule has 0 saturated heterocycles. The molecule has 2 aromatic carbocycles. The first-order chi connectivity index (χ1) is 15.5. The summed E-state index contributed by atoms with van der Waals surface area (Å²) < 4.78 is 54.4. The van der Waals surface area contributed by atoms with E-state index in [9.17, 15) is 26.9 Å². The first-order valence-electron chi connectivity index (χ1n) is 10.6. The summed E-state index contributed by atoms with van der Waals surface area (Å²) in [6.45, 7) is 2.24. The zero-order valence-electron chi connectivity index (χ0n) is 18.4. The van der Waals surface area contributed by atoms with Gasteiger partial charge in [-0.15, -0.1) is 0 Å². The average Bonchev–Trinajstić information content (AvgIpc) is 2.79. The quantitative estimate of drug-likeness (QED) is 0.357. The van der Waals surface area contributed by atoms with Crippen LogP contribution in [0.3, 0.4) is 0 Å². The van der Waals surface area contributed by atoms with Crippen LogP contribution in [0.15, 0.2) is 52.3 Å². The molecule has 0 unspecified atom stereocenters. The fourth-order valence-electron chi connectivity index (χ4n) is 3.78. The van der Waals surface area contributed by atoms with Crippen LogP contribution in [-0.4, -0.2) is 34.8 Å². The molecule has 0 heterocycles. The predicted molar refractivity (Wildman–Crippen MR) is 125 cm³/mol. The Morgan fingerprint density at radius 3 is 2.27 bits per heavy atom. The van der Waals surface area contributed by atoms with E-state index in [4.69, 9.17) is 0 Å². The topological polar surface area (TPSA) is 148 Å². The number of nitrogens with one attached hydrogen (secondary N) is 3. The Balaban J connectivity index is 1.78. The van der Waals surface area contributed by atoms with E-state index in [2.05, 4.69) is 21.7 Å². The highest BCUT2D eigenvalue weighted by molar-refractivity contribution is 7.89. The van der Waals surface area contributed by atoms with Crippen molar-refractivity contribution in [1.29, 1.82) is 0 Å². The number of nitro groups is 1. The van der Waals surface area contributed by atoms with Crippen molar-refractivity contribution >= 4 is 31.4 Å². The second-order valence-corrected chi connectivity index (χ2v) is 11.8. The summed E-state index contributed by atoms with van der Waals surface area (Å²) in [5.41, 5.74) is 0.340. The predicted octanol–water partition coefficient (Wildman–Crippen LogP) is 2.97. The van der Waals surface area contributed by atoms with Gasteiger partial charge in [0.15, 0.2) is 0 Å². The van der Waals surface area contributed by atoms with Crippen molar-refractivity contribution < 1.29 is 21.8 Å². The minimum Gasteiger partial charge on any atom is -0.375 e. The molecule has 1 fully saturated rings. The Kier molecular flexibility index (Phi) is 7.73. The molecule has 180 valence electrons. The average molecular weight is 497 g/mol. The maximum Gasteiger partial charge on any atom is 0.293 e. The van der Waals surface area contributed by atoms with E-state index in [-0.39, 0.29) is 33.8 Å². The number of hydrogen-bond acceptors (Lipinski definition) is 7. The highest BCUT2D eigenvalue weighted by Crippen LogP contribution is 2.30.